The third kappa shape index (κ3) is 2.13. The van der Waals surface area contributed by atoms with Gasteiger partial charge in [0.1, 0.15) is 5.69 Å². The molecule has 1 aromatic carbocycles. The molecule has 4 nitrogen and oxygen atoms in total. The van der Waals surface area contributed by atoms with Crippen LogP contribution in [0, 0.1) is 11.3 Å². The van der Waals surface area contributed by atoms with E-state index in [2.05, 4.69) is 13.8 Å². The molecule has 1 amide bonds. The van der Waals surface area contributed by atoms with Gasteiger partial charge in [0.05, 0.1) is 5.02 Å². The van der Waals surface area contributed by atoms with Gasteiger partial charge in [-0.3, -0.25) is 4.79 Å². The molecule has 2 aromatic rings. The topological polar surface area (TPSA) is 51.3 Å². The molecular formula is C17H22ClN3O. The van der Waals surface area contributed by atoms with Crippen molar-refractivity contribution in [1.29, 1.82) is 0 Å². The van der Waals surface area contributed by atoms with Crippen molar-refractivity contribution < 1.29 is 4.79 Å². The van der Waals surface area contributed by atoms with Crippen LogP contribution in [0.25, 0.3) is 10.9 Å². The largest absolute Gasteiger partial charge is 0.338 e. The zero-order chi connectivity index (χ0) is 16.1. The lowest BCUT2D eigenvalue weighted by atomic mass is 9.81. The summed E-state index contributed by atoms with van der Waals surface area (Å²) in [6.45, 7) is 6.30. The Morgan fingerprint density at radius 1 is 1.45 bits per heavy atom. The van der Waals surface area contributed by atoms with Crippen molar-refractivity contribution in [2.24, 2.45) is 24.1 Å². The molecule has 0 radical (unpaired) electrons. The number of carbonyl (C=O) groups is 1. The Kier molecular flexibility index (Phi) is 3.69. The van der Waals surface area contributed by atoms with Gasteiger partial charge >= 0.3 is 0 Å². The van der Waals surface area contributed by atoms with Crippen LogP contribution in [0.3, 0.4) is 0 Å². The molecule has 0 aliphatic carbocycles. The highest BCUT2D eigenvalue weighted by atomic mass is 35.5. The number of rotatable bonds is 2. The molecule has 0 bridgehead atoms. The number of para-hydroxylation sites is 1. The zero-order valence-corrected chi connectivity index (χ0v) is 14.0. The molecule has 0 saturated carbocycles. The van der Waals surface area contributed by atoms with E-state index in [-0.39, 0.29) is 11.3 Å². The molecule has 3 rings (SSSR count). The first-order valence-electron chi connectivity index (χ1n) is 7.61. The van der Waals surface area contributed by atoms with Gasteiger partial charge < -0.3 is 15.2 Å². The number of nitrogens with two attached hydrogens (primary N) is 1. The minimum Gasteiger partial charge on any atom is -0.338 e. The number of hydrogen-bond acceptors (Lipinski definition) is 2. The maximum absolute atomic E-state index is 13.0. The maximum atomic E-state index is 13.0. The van der Waals surface area contributed by atoms with E-state index in [0.717, 1.165) is 17.4 Å². The van der Waals surface area contributed by atoms with E-state index >= 15 is 0 Å². The van der Waals surface area contributed by atoms with Gasteiger partial charge in [0.15, 0.2) is 0 Å². The molecule has 1 saturated heterocycles. The van der Waals surface area contributed by atoms with Gasteiger partial charge in [0.2, 0.25) is 0 Å². The van der Waals surface area contributed by atoms with Gasteiger partial charge in [0.25, 0.3) is 5.91 Å². The summed E-state index contributed by atoms with van der Waals surface area (Å²) in [5.41, 5.74) is 7.43. The third-order valence-electron chi connectivity index (χ3n) is 5.24. The smallest absolute Gasteiger partial charge is 0.272 e. The van der Waals surface area contributed by atoms with E-state index in [9.17, 15) is 4.79 Å². The summed E-state index contributed by atoms with van der Waals surface area (Å²) in [6, 6.07) is 7.82. The first-order chi connectivity index (χ1) is 10.4. The Bertz CT molecular complexity index is 700. The van der Waals surface area contributed by atoms with Crippen LogP contribution in [0.2, 0.25) is 5.02 Å². The number of fused-ring (bicyclic) bond motifs is 1. The highest BCUT2D eigenvalue weighted by Gasteiger charge is 2.42. The van der Waals surface area contributed by atoms with Crippen molar-refractivity contribution in [3.05, 3.63) is 35.0 Å². The highest BCUT2D eigenvalue weighted by molar-refractivity contribution is 6.38. The van der Waals surface area contributed by atoms with Crippen molar-refractivity contribution in [2.75, 3.05) is 19.6 Å². The number of carbonyl (C=O) groups excluding carboxylic acids is 1. The Labute approximate surface area is 135 Å². The summed E-state index contributed by atoms with van der Waals surface area (Å²) in [5.74, 6) is 0.377. The molecule has 5 heteroatoms. The number of aryl methyl sites for hydroxylation is 1. The SMILES string of the molecule is C[C@@H]1CN(C(=O)c2c(Cl)c3ccccc3n2C)C[C@@]1(C)CN. The predicted octanol–water partition coefficient (Wildman–Crippen LogP) is 2.89. The van der Waals surface area contributed by atoms with E-state index in [4.69, 9.17) is 17.3 Å². The Morgan fingerprint density at radius 2 is 2.14 bits per heavy atom. The average Bonchev–Trinajstić information content (AvgIpc) is 2.96. The van der Waals surface area contributed by atoms with Gasteiger partial charge in [-0.1, -0.05) is 43.6 Å². The fourth-order valence-electron chi connectivity index (χ4n) is 3.36. The fraction of sp³-hybridized carbons (Fsp3) is 0.471. The monoisotopic (exact) mass is 319 g/mol. The quantitative estimate of drug-likeness (QED) is 0.925. The van der Waals surface area contributed by atoms with Crippen LogP contribution >= 0.6 is 11.6 Å². The molecule has 2 heterocycles. The summed E-state index contributed by atoms with van der Waals surface area (Å²) >= 11 is 6.48. The molecule has 1 aliphatic rings. The molecule has 118 valence electrons. The van der Waals surface area contributed by atoms with Crippen molar-refractivity contribution >= 4 is 28.4 Å². The first-order valence-corrected chi connectivity index (χ1v) is 7.99. The summed E-state index contributed by atoms with van der Waals surface area (Å²) in [4.78, 5) is 14.9. The van der Waals surface area contributed by atoms with E-state index in [1.54, 1.807) is 0 Å². The third-order valence-corrected chi connectivity index (χ3v) is 5.62. The predicted molar refractivity (Wildman–Crippen MR) is 90.2 cm³/mol. The minimum absolute atomic E-state index is 0.00674. The van der Waals surface area contributed by atoms with Gasteiger partial charge in [-0.15, -0.1) is 0 Å². The molecule has 1 fully saturated rings. The number of amides is 1. The van der Waals surface area contributed by atoms with Gasteiger partial charge in [-0.2, -0.15) is 0 Å². The second kappa shape index (κ2) is 5.28. The number of aromatic nitrogens is 1. The Morgan fingerprint density at radius 3 is 2.73 bits per heavy atom. The lowest BCUT2D eigenvalue weighted by Crippen LogP contribution is -2.36. The standard InChI is InChI=1S/C17H22ClN3O/c1-11-8-21(10-17(11,2)9-19)16(22)15-14(18)12-6-4-5-7-13(12)20(15)3/h4-7,11H,8-10,19H2,1-3H3/t11-,17-/m1/s1. The van der Waals surface area contributed by atoms with E-state index < -0.39 is 0 Å². The van der Waals surface area contributed by atoms with Gasteiger partial charge in [-0.05, 0) is 18.5 Å². The summed E-state index contributed by atoms with van der Waals surface area (Å²) in [5, 5.41) is 1.46. The lowest BCUT2D eigenvalue weighted by Gasteiger charge is -2.26. The van der Waals surface area contributed by atoms with Crippen molar-refractivity contribution in [1.82, 2.24) is 9.47 Å². The van der Waals surface area contributed by atoms with Gasteiger partial charge in [-0.25, -0.2) is 0 Å². The summed E-state index contributed by atoms with van der Waals surface area (Å²) in [6.07, 6.45) is 0. The van der Waals surface area contributed by atoms with E-state index in [1.807, 2.05) is 40.8 Å². The highest BCUT2D eigenvalue weighted by Crippen LogP contribution is 2.37. The molecular weight excluding hydrogens is 298 g/mol. The lowest BCUT2D eigenvalue weighted by molar-refractivity contribution is 0.0767. The fourth-order valence-corrected chi connectivity index (χ4v) is 3.73. The molecule has 0 unspecified atom stereocenters. The Balaban J connectivity index is 2.01. The molecule has 2 N–H and O–H groups in total. The maximum Gasteiger partial charge on any atom is 0.272 e. The second-order valence-electron chi connectivity index (χ2n) is 6.68. The van der Waals surface area contributed by atoms with Crippen LogP contribution in [0.15, 0.2) is 24.3 Å². The molecule has 2 atom stereocenters. The van der Waals surface area contributed by atoms with Crippen LogP contribution in [0.5, 0.6) is 0 Å². The number of halogens is 1. The van der Waals surface area contributed by atoms with Gasteiger partial charge in [0, 0.05) is 36.5 Å². The minimum atomic E-state index is -0.0211. The van der Waals surface area contributed by atoms with Crippen molar-refractivity contribution in [3.63, 3.8) is 0 Å². The Hall–Kier alpha value is -1.52. The molecule has 1 aromatic heterocycles. The molecule has 1 aliphatic heterocycles. The number of nitrogens with zero attached hydrogens (tertiary/aromatic N) is 2. The van der Waals surface area contributed by atoms with Crippen molar-refractivity contribution in [3.8, 4) is 0 Å². The van der Waals surface area contributed by atoms with E-state index in [0.29, 0.717) is 29.7 Å². The van der Waals surface area contributed by atoms with Crippen LogP contribution in [0.4, 0.5) is 0 Å². The summed E-state index contributed by atoms with van der Waals surface area (Å²) in [7, 11) is 1.89. The van der Waals surface area contributed by atoms with Crippen LogP contribution in [0.1, 0.15) is 24.3 Å². The first kappa shape index (κ1) is 15.4. The number of benzene rings is 1. The zero-order valence-electron chi connectivity index (χ0n) is 13.3. The molecule has 22 heavy (non-hydrogen) atoms. The normalized spacial score (nSPS) is 25.1. The van der Waals surface area contributed by atoms with Crippen LogP contribution < -0.4 is 5.73 Å². The van der Waals surface area contributed by atoms with Crippen LogP contribution in [-0.4, -0.2) is 35.0 Å². The number of likely N-dealkylation sites (tertiary alicyclic amines) is 1. The molecule has 0 spiro atoms. The summed E-state index contributed by atoms with van der Waals surface area (Å²) < 4.78 is 1.89. The van der Waals surface area contributed by atoms with Crippen LogP contribution in [-0.2, 0) is 7.05 Å². The van der Waals surface area contributed by atoms with Crippen molar-refractivity contribution in [2.45, 2.75) is 13.8 Å². The second-order valence-corrected chi connectivity index (χ2v) is 7.06. The average molecular weight is 320 g/mol. The van der Waals surface area contributed by atoms with E-state index in [1.165, 1.54) is 0 Å². The number of hydrogen-bond donors (Lipinski definition) is 1.